The minimum Gasteiger partial charge on any atom is -0.387 e. The van der Waals surface area contributed by atoms with Crippen LogP contribution in [0.2, 0.25) is 0 Å². The SMILES string of the molecule is OC1(C2CC2)CN(C2CCOC3(CCCCC3)C2)C1. The molecule has 2 aliphatic heterocycles. The third-order valence-electron chi connectivity index (χ3n) is 6.04. The highest BCUT2D eigenvalue weighted by Gasteiger charge is 2.54. The van der Waals surface area contributed by atoms with Crippen molar-refractivity contribution in [1.29, 1.82) is 0 Å². The van der Waals surface area contributed by atoms with E-state index in [9.17, 15) is 5.11 Å². The van der Waals surface area contributed by atoms with Crippen LogP contribution in [-0.4, -0.2) is 46.9 Å². The Kier molecular flexibility index (Phi) is 2.95. The van der Waals surface area contributed by atoms with E-state index in [0.717, 1.165) is 19.7 Å². The number of nitrogens with zero attached hydrogens (tertiary/aromatic N) is 1. The fraction of sp³-hybridized carbons (Fsp3) is 1.00. The van der Waals surface area contributed by atoms with Crippen molar-refractivity contribution in [3.8, 4) is 0 Å². The molecule has 108 valence electrons. The van der Waals surface area contributed by atoms with E-state index in [1.165, 1.54) is 57.8 Å². The summed E-state index contributed by atoms with van der Waals surface area (Å²) >= 11 is 0. The van der Waals surface area contributed by atoms with Gasteiger partial charge in [-0.25, -0.2) is 0 Å². The van der Waals surface area contributed by atoms with E-state index in [2.05, 4.69) is 4.90 Å². The van der Waals surface area contributed by atoms with Gasteiger partial charge in [0.2, 0.25) is 0 Å². The number of aliphatic hydroxyl groups is 1. The van der Waals surface area contributed by atoms with Crippen LogP contribution in [0.3, 0.4) is 0 Å². The monoisotopic (exact) mass is 265 g/mol. The molecular formula is C16H27NO2. The quantitative estimate of drug-likeness (QED) is 0.832. The van der Waals surface area contributed by atoms with E-state index >= 15 is 0 Å². The lowest BCUT2D eigenvalue weighted by atomic mass is 9.76. The Hall–Kier alpha value is -0.120. The topological polar surface area (TPSA) is 32.7 Å². The molecule has 1 spiro atoms. The molecule has 0 aromatic rings. The molecule has 1 N–H and O–H groups in total. The zero-order valence-corrected chi connectivity index (χ0v) is 11.9. The smallest absolute Gasteiger partial charge is 0.0928 e. The Labute approximate surface area is 116 Å². The zero-order chi connectivity index (χ0) is 12.9. The van der Waals surface area contributed by atoms with Crippen molar-refractivity contribution >= 4 is 0 Å². The molecule has 4 aliphatic rings. The summed E-state index contributed by atoms with van der Waals surface area (Å²) in [5.41, 5.74) is -0.119. The van der Waals surface area contributed by atoms with Gasteiger partial charge in [0.1, 0.15) is 0 Å². The molecule has 4 fully saturated rings. The van der Waals surface area contributed by atoms with E-state index in [-0.39, 0.29) is 11.2 Å². The standard InChI is InChI=1S/C16H27NO2/c18-16(13-4-5-13)11-17(12-16)14-6-9-19-15(10-14)7-2-1-3-8-15/h13-14,18H,1-12H2. The van der Waals surface area contributed by atoms with Crippen LogP contribution in [0.25, 0.3) is 0 Å². The number of β-amino-alcohol motifs (C(OH)–C–C–N with tert-alkyl or cyclic N) is 1. The van der Waals surface area contributed by atoms with Gasteiger partial charge in [-0.1, -0.05) is 19.3 Å². The summed E-state index contributed by atoms with van der Waals surface area (Å²) in [7, 11) is 0. The maximum absolute atomic E-state index is 10.5. The molecule has 4 rings (SSSR count). The average molecular weight is 265 g/mol. The van der Waals surface area contributed by atoms with Gasteiger partial charge in [-0.2, -0.15) is 0 Å². The number of likely N-dealkylation sites (tertiary alicyclic amines) is 1. The lowest BCUT2D eigenvalue weighted by Crippen LogP contribution is -2.67. The lowest BCUT2D eigenvalue weighted by molar-refractivity contribution is -0.174. The highest BCUT2D eigenvalue weighted by molar-refractivity contribution is 5.08. The summed E-state index contributed by atoms with van der Waals surface area (Å²) in [4.78, 5) is 2.54. The maximum atomic E-state index is 10.5. The second-order valence-corrected chi connectivity index (χ2v) is 7.52. The number of hydrogen-bond donors (Lipinski definition) is 1. The summed E-state index contributed by atoms with van der Waals surface area (Å²) < 4.78 is 6.18. The van der Waals surface area contributed by atoms with Crippen molar-refractivity contribution in [2.75, 3.05) is 19.7 Å². The Balaban J connectivity index is 1.37. The lowest BCUT2D eigenvalue weighted by Gasteiger charge is -2.54. The fourth-order valence-corrected chi connectivity index (χ4v) is 4.65. The molecule has 1 unspecified atom stereocenters. The molecule has 19 heavy (non-hydrogen) atoms. The summed E-state index contributed by atoms with van der Waals surface area (Å²) in [6, 6.07) is 0.672. The molecule has 2 saturated carbocycles. The first-order chi connectivity index (χ1) is 9.19. The van der Waals surface area contributed by atoms with Gasteiger partial charge >= 0.3 is 0 Å². The highest BCUT2D eigenvalue weighted by atomic mass is 16.5. The second-order valence-electron chi connectivity index (χ2n) is 7.52. The van der Waals surface area contributed by atoms with E-state index in [4.69, 9.17) is 4.74 Å². The molecule has 1 atom stereocenters. The van der Waals surface area contributed by atoms with E-state index in [1.807, 2.05) is 0 Å². The van der Waals surface area contributed by atoms with Gasteiger partial charge in [0.25, 0.3) is 0 Å². The molecule has 3 nitrogen and oxygen atoms in total. The van der Waals surface area contributed by atoms with Crippen LogP contribution < -0.4 is 0 Å². The predicted octanol–water partition coefficient (Wildman–Crippen LogP) is 2.33. The first kappa shape index (κ1) is 12.6. The van der Waals surface area contributed by atoms with Crippen molar-refractivity contribution in [2.45, 2.75) is 75.0 Å². The summed E-state index contributed by atoms with van der Waals surface area (Å²) in [6.45, 7) is 2.79. The van der Waals surface area contributed by atoms with Gasteiger partial charge in [0.05, 0.1) is 11.2 Å². The van der Waals surface area contributed by atoms with Crippen molar-refractivity contribution in [2.24, 2.45) is 5.92 Å². The van der Waals surface area contributed by atoms with Gasteiger partial charge in [-0.05, 0) is 44.4 Å². The zero-order valence-electron chi connectivity index (χ0n) is 11.9. The molecule has 0 aromatic carbocycles. The molecule has 2 saturated heterocycles. The molecule has 0 bridgehead atoms. The van der Waals surface area contributed by atoms with Crippen LogP contribution in [0.5, 0.6) is 0 Å². The first-order valence-corrected chi connectivity index (χ1v) is 8.30. The summed E-state index contributed by atoms with van der Waals surface area (Å²) in [5.74, 6) is 0.618. The van der Waals surface area contributed by atoms with Gasteiger partial charge in [-0.3, -0.25) is 4.90 Å². The van der Waals surface area contributed by atoms with Crippen LogP contribution in [-0.2, 0) is 4.74 Å². The third-order valence-corrected chi connectivity index (χ3v) is 6.04. The Morgan fingerprint density at radius 1 is 1.00 bits per heavy atom. The fourth-order valence-electron chi connectivity index (χ4n) is 4.65. The van der Waals surface area contributed by atoms with Crippen molar-refractivity contribution < 1.29 is 9.84 Å². The molecule has 3 heteroatoms. The van der Waals surface area contributed by atoms with Crippen LogP contribution in [0, 0.1) is 5.92 Å². The number of hydrogen-bond acceptors (Lipinski definition) is 3. The first-order valence-electron chi connectivity index (χ1n) is 8.30. The van der Waals surface area contributed by atoms with Crippen LogP contribution in [0.15, 0.2) is 0 Å². The van der Waals surface area contributed by atoms with Gasteiger partial charge < -0.3 is 9.84 Å². The Morgan fingerprint density at radius 3 is 2.42 bits per heavy atom. The second kappa shape index (κ2) is 4.44. The van der Waals surface area contributed by atoms with Gasteiger partial charge in [0, 0.05) is 25.7 Å². The minimum absolute atomic E-state index is 0.203. The van der Waals surface area contributed by atoms with E-state index in [1.54, 1.807) is 0 Å². The summed E-state index contributed by atoms with van der Waals surface area (Å²) in [6.07, 6.45) is 11.5. The molecule has 2 aliphatic carbocycles. The molecule has 0 aromatic heterocycles. The van der Waals surface area contributed by atoms with Crippen LogP contribution >= 0.6 is 0 Å². The molecule has 0 radical (unpaired) electrons. The van der Waals surface area contributed by atoms with Gasteiger partial charge in [-0.15, -0.1) is 0 Å². The molecule has 2 heterocycles. The predicted molar refractivity (Wildman–Crippen MR) is 74.0 cm³/mol. The highest BCUT2D eigenvalue weighted by Crippen LogP contribution is 2.47. The largest absolute Gasteiger partial charge is 0.387 e. The molecular weight excluding hydrogens is 238 g/mol. The van der Waals surface area contributed by atoms with Crippen LogP contribution in [0.1, 0.15) is 57.8 Å². The van der Waals surface area contributed by atoms with E-state index < -0.39 is 0 Å². The minimum atomic E-state index is -0.321. The van der Waals surface area contributed by atoms with Crippen molar-refractivity contribution in [3.05, 3.63) is 0 Å². The van der Waals surface area contributed by atoms with Crippen molar-refractivity contribution in [3.63, 3.8) is 0 Å². The Morgan fingerprint density at radius 2 is 1.74 bits per heavy atom. The van der Waals surface area contributed by atoms with Gasteiger partial charge in [0.15, 0.2) is 0 Å². The average Bonchev–Trinajstić information content (AvgIpc) is 3.20. The Bertz CT molecular complexity index is 335. The number of ether oxygens (including phenoxy) is 1. The van der Waals surface area contributed by atoms with Crippen molar-refractivity contribution in [1.82, 2.24) is 4.90 Å². The third kappa shape index (κ3) is 2.24. The number of rotatable bonds is 2. The van der Waals surface area contributed by atoms with E-state index in [0.29, 0.717) is 12.0 Å². The normalized spacial score (nSPS) is 38.1. The molecule has 0 amide bonds. The summed E-state index contributed by atoms with van der Waals surface area (Å²) in [5, 5.41) is 10.5. The van der Waals surface area contributed by atoms with Crippen LogP contribution in [0.4, 0.5) is 0 Å². The maximum Gasteiger partial charge on any atom is 0.0928 e.